The zero-order valence-electron chi connectivity index (χ0n) is 9.79. The van der Waals surface area contributed by atoms with Crippen LogP contribution in [0.2, 0.25) is 0 Å². The van der Waals surface area contributed by atoms with Crippen molar-refractivity contribution >= 4 is 11.3 Å². The van der Waals surface area contributed by atoms with E-state index in [1.807, 2.05) is 6.92 Å². The number of nitrogens with zero attached hydrogens (tertiary/aromatic N) is 1. The Labute approximate surface area is 96.1 Å². The monoisotopic (exact) mass is 227 g/mol. The number of thiazole rings is 1. The molecule has 86 valence electrons. The Morgan fingerprint density at radius 2 is 2.27 bits per heavy atom. The second-order valence-corrected chi connectivity index (χ2v) is 5.35. The molecule has 3 nitrogen and oxygen atoms in total. The van der Waals surface area contributed by atoms with E-state index in [2.05, 4.69) is 29.5 Å². The van der Waals surface area contributed by atoms with Gasteiger partial charge in [-0.15, -0.1) is 11.3 Å². The van der Waals surface area contributed by atoms with Crippen LogP contribution in [0.1, 0.15) is 31.0 Å². The van der Waals surface area contributed by atoms with Gasteiger partial charge < -0.3 is 11.1 Å². The highest BCUT2D eigenvalue weighted by molar-refractivity contribution is 7.09. The maximum Gasteiger partial charge on any atom is 0.107 e. The van der Waals surface area contributed by atoms with Gasteiger partial charge in [-0.2, -0.15) is 0 Å². The van der Waals surface area contributed by atoms with Gasteiger partial charge in [0, 0.05) is 30.2 Å². The van der Waals surface area contributed by atoms with E-state index in [1.54, 1.807) is 11.3 Å². The van der Waals surface area contributed by atoms with E-state index in [9.17, 15) is 0 Å². The van der Waals surface area contributed by atoms with Gasteiger partial charge in [0.25, 0.3) is 0 Å². The Hall–Kier alpha value is -0.450. The molecule has 1 heterocycles. The molecule has 1 unspecified atom stereocenters. The SMILES string of the molecule is Cc1csc(CNCC(N)CC(C)C)n1. The van der Waals surface area contributed by atoms with Crippen molar-refractivity contribution in [3.8, 4) is 0 Å². The molecule has 0 saturated heterocycles. The lowest BCUT2D eigenvalue weighted by Crippen LogP contribution is -2.34. The largest absolute Gasteiger partial charge is 0.327 e. The minimum Gasteiger partial charge on any atom is -0.327 e. The number of rotatable bonds is 6. The molecule has 1 aromatic heterocycles. The summed E-state index contributed by atoms with van der Waals surface area (Å²) in [4.78, 5) is 4.38. The third-order valence-electron chi connectivity index (χ3n) is 2.12. The Kier molecular flexibility index (Phi) is 5.22. The van der Waals surface area contributed by atoms with E-state index < -0.39 is 0 Å². The molecule has 3 N–H and O–H groups in total. The molecule has 0 bridgehead atoms. The molecule has 0 aliphatic rings. The van der Waals surface area contributed by atoms with Crippen molar-refractivity contribution in [2.75, 3.05) is 6.54 Å². The third kappa shape index (κ3) is 5.25. The molecule has 0 saturated carbocycles. The van der Waals surface area contributed by atoms with Gasteiger partial charge in [-0.3, -0.25) is 0 Å². The summed E-state index contributed by atoms with van der Waals surface area (Å²) in [6, 6.07) is 0.256. The predicted octanol–water partition coefficient (Wildman–Crippen LogP) is 1.91. The van der Waals surface area contributed by atoms with Crippen LogP contribution in [0.3, 0.4) is 0 Å². The van der Waals surface area contributed by atoms with Gasteiger partial charge >= 0.3 is 0 Å². The number of aryl methyl sites for hydroxylation is 1. The predicted molar refractivity (Wildman–Crippen MR) is 66.0 cm³/mol. The highest BCUT2D eigenvalue weighted by atomic mass is 32.1. The van der Waals surface area contributed by atoms with Gasteiger partial charge in [0.15, 0.2) is 0 Å². The summed E-state index contributed by atoms with van der Waals surface area (Å²) < 4.78 is 0. The summed E-state index contributed by atoms with van der Waals surface area (Å²) in [5, 5.41) is 6.56. The number of nitrogens with one attached hydrogen (secondary N) is 1. The molecular weight excluding hydrogens is 206 g/mol. The van der Waals surface area contributed by atoms with E-state index in [0.717, 1.165) is 30.2 Å². The Balaban J connectivity index is 2.16. The van der Waals surface area contributed by atoms with Gasteiger partial charge in [0.1, 0.15) is 5.01 Å². The van der Waals surface area contributed by atoms with Gasteiger partial charge in [-0.25, -0.2) is 4.98 Å². The van der Waals surface area contributed by atoms with Crippen LogP contribution in [0.15, 0.2) is 5.38 Å². The van der Waals surface area contributed by atoms with Gasteiger partial charge in [0.05, 0.1) is 0 Å². The molecule has 0 spiro atoms. The highest BCUT2D eigenvalue weighted by Crippen LogP contribution is 2.08. The van der Waals surface area contributed by atoms with Crippen molar-refractivity contribution in [3.05, 3.63) is 16.1 Å². The first-order valence-corrected chi connectivity index (χ1v) is 6.33. The van der Waals surface area contributed by atoms with Crippen LogP contribution in [0.4, 0.5) is 0 Å². The van der Waals surface area contributed by atoms with E-state index in [4.69, 9.17) is 5.73 Å². The molecule has 0 aromatic carbocycles. The lowest BCUT2D eigenvalue weighted by atomic mass is 10.0. The topological polar surface area (TPSA) is 50.9 Å². The van der Waals surface area contributed by atoms with E-state index >= 15 is 0 Å². The van der Waals surface area contributed by atoms with Crippen LogP contribution in [-0.2, 0) is 6.54 Å². The van der Waals surface area contributed by atoms with Gasteiger partial charge in [0.2, 0.25) is 0 Å². The van der Waals surface area contributed by atoms with Gasteiger partial charge in [-0.1, -0.05) is 13.8 Å². The fourth-order valence-corrected chi connectivity index (χ4v) is 2.28. The van der Waals surface area contributed by atoms with Crippen molar-refractivity contribution in [2.24, 2.45) is 11.7 Å². The van der Waals surface area contributed by atoms with Crippen molar-refractivity contribution in [3.63, 3.8) is 0 Å². The first kappa shape index (κ1) is 12.6. The first-order valence-electron chi connectivity index (χ1n) is 5.45. The van der Waals surface area contributed by atoms with Crippen LogP contribution in [0, 0.1) is 12.8 Å². The summed E-state index contributed by atoms with van der Waals surface area (Å²) in [6.07, 6.45) is 1.07. The lowest BCUT2D eigenvalue weighted by Gasteiger charge is -2.14. The maximum atomic E-state index is 5.96. The van der Waals surface area contributed by atoms with Crippen molar-refractivity contribution < 1.29 is 0 Å². The Morgan fingerprint density at radius 1 is 1.53 bits per heavy atom. The molecular formula is C11H21N3S. The number of hydrogen-bond acceptors (Lipinski definition) is 4. The summed E-state index contributed by atoms with van der Waals surface area (Å²) in [5.41, 5.74) is 7.06. The molecule has 0 radical (unpaired) electrons. The first-order chi connectivity index (χ1) is 7.08. The number of hydrogen-bond donors (Lipinski definition) is 2. The average Bonchev–Trinajstić information content (AvgIpc) is 2.50. The van der Waals surface area contributed by atoms with E-state index in [0.29, 0.717) is 5.92 Å². The number of nitrogens with two attached hydrogens (primary N) is 1. The van der Waals surface area contributed by atoms with Crippen LogP contribution >= 0.6 is 11.3 Å². The molecule has 0 aliphatic heterocycles. The van der Waals surface area contributed by atoms with Crippen molar-refractivity contribution in [1.29, 1.82) is 0 Å². The number of aromatic nitrogens is 1. The zero-order valence-corrected chi connectivity index (χ0v) is 10.6. The summed E-state index contributed by atoms with van der Waals surface area (Å²) in [5.74, 6) is 0.670. The lowest BCUT2D eigenvalue weighted by molar-refractivity contribution is 0.467. The zero-order chi connectivity index (χ0) is 11.3. The fourth-order valence-electron chi connectivity index (χ4n) is 1.54. The second-order valence-electron chi connectivity index (χ2n) is 4.40. The Bertz CT molecular complexity index is 283. The molecule has 0 amide bonds. The minimum atomic E-state index is 0.256. The molecule has 1 rings (SSSR count). The summed E-state index contributed by atoms with van der Waals surface area (Å²) >= 11 is 1.70. The highest BCUT2D eigenvalue weighted by Gasteiger charge is 2.05. The molecule has 15 heavy (non-hydrogen) atoms. The third-order valence-corrected chi connectivity index (χ3v) is 3.09. The maximum absolute atomic E-state index is 5.96. The normalized spacial score (nSPS) is 13.4. The fraction of sp³-hybridized carbons (Fsp3) is 0.727. The smallest absolute Gasteiger partial charge is 0.107 e. The molecule has 0 fully saturated rings. The molecule has 4 heteroatoms. The quantitative estimate of drug-likeness (QED) is 0.780. The van der Waals surface area contributed by atoms with Crippen LogP contribution in [-0.4, -0.2) is 17.6 Å². The van der Waals surface area contributed by atoms with Crippen LogP contribution < -0.4 is 11.1 Å². The minimum absolute atomic E-state index is 0.256. The summed E-state index contributed by atoms with van der Waals surface area (Å²) in [6.45, 7) is 8.12. The molecule has 1 aromatic rings. The standard InChI is InChI=1S/C11H21N3S/c1-8(2)4-10(12)5-13-6-11-14-9(3)7-15-11/h7-8,10,13H,4-6,12H2,1-3H3. The van der Waals surface area contributed by atoms with Crippen molar-refractivity contribution in [2.45, 2.75) is 39.8 Å². The molecule has 0 aliphatic carbocycles. The van der Waals surface area contributed by atoms with Crippen molar-refractivity contribution in [1.82, 2.24) is 10.3 Å². The van der Waals surface area contributed by atoms with Crippen LogP contribution in [0.25, 0.3) is 0 Å². The average molecular weight is 227 g/mol. The Morgan fingerprint density at radius 3 is 2.80 bits per heavy atom. The molecule has 1 atom stereocenters. The summed E-state index contributed by atoms with van der Waals surface area (Å²) in [7, 11) is 0. The van der Waals surface area contributed by atoms with E-state index in [1.165, 1.54) is 0 Å². The van der Waals surface area contributed by atoms with Crippen LogP contribution in [0.5, 0.6) is 0 Å². The van der Waals surface area contributed by atoms with E-state index in [-0.39, 0.29) is 6.04 Å². The van der Waals surface area contributed by atoms with Gasteiger partial charge in [-0.05, 0) is 19.3 Å². The second kappa shape index (κ2) is 6.20.